The van der Waals surface area contributed by atoms with E-state index < -0.39 is 0 Å². The van der Waals surface area contributed by atoms with Crippen LogP contribution in [0.1, 0.15) is 24.9 Å². The highest BCUT2D eigenvalue weighted by Gasteiger charge is 2.46. The molecule has 4 rings (SSSR count). The lowest BCUT2D eigenvalue weighted by molar-refractivity contribution is -0.118. The molecule has 4 nitrogen and oxygen atoms in total. The zero-order valence-corrected chi connectivity index (χ0v) is 15.6. The molecule has 0 bridgehead atoms. The summed E-state index contributed by atoms with van der Waals surface area (Å²) in [5.74, 6) is -0.208. The quantitative estimate of drug-likeness (QED) is 0.829. The molecule has 0 aromatic heterocycles. The van der Waals surface area contributed by atoms with Crippen LogP contribution in [0.25, 0.3) is 0 Å². The highest BCUT2D eigenvalue weighted by Crippen LogP contribution is 2.38. The van der Waals surface area contributed by atoms with E-state index in [0.29, 0.717) is 26.2 Å². The number of hydrogen-bond acceptors (Lipinski definition) is 3. The summed E-state index contributed by atoms with van der Waals surface area (Å²) in [5, 5.41) is 0. The van der Waals surface area contributed by atoms with E-state index in [0.717, 1.165) is 18.8 Å². The fraction of sp³-hybridized carbons (Fsp3) is 0.409. The van der Waals surface area contributed by atoms with Gasteiger partial charge in [0.15, 0.2) is 0 Å². The molecular weight excluding hydrogens is 343 g/mol. The molecule has 5 heteroatoms. The summed E-state index contributed by atoms with van der Waals surface area (Å²) in [5.41, 5.74) is 1.80. The summed E-state index contributed by atoms with van der Waals surface area (Å²) in [7, 11) is 0. The van der Waals surface area contributed by atoms with Crippen molar-refractivity contribution in [2.45, 2.75) is 19.4 Å². The fourth-order valence-corrected chi connectivity index (χ4v) is 4.25. The maximum atomic E-state index is 13.2. The van der Waals surface area contributed by atoms with Gasteiger partial charge in [-0.2, -0.15) is 0 Å². The van der Waals surface area contributed by atoms with Gasteiger partial charge in [0, 0.05) is 43.2 Å². The molecule has 0 aliphatic carbocycles. The number of benzene rings is 2. The second-order valence-electron chi connectivity index (χ2n) is 7.74. The van der Waals surface area contributed by atoms with Crippen molar-refractivity contribution in [3.05, 3.63) is 66.0 Å². The smallest absolute Gasteiger partial charge is 0.227 e. The average molecular weight is 368 g/mol. The first-order chi connectivity index (χ1) is 13.1. The maximum absolute atomic E-state index is 13.2. The standard InChI is InChI=1S/C22H25FN2O2/c1-17(18-5-3-2-4-6-18)24-11-12-27-16-22(14-24)13-21(26)25(15-22)20-9-7-19(23)8-10-20/h2-10,17H,11-16H2,1H3. The van der Waals surface area contributed by atoms with Crippen molar-refractivity contribution in [2.24, 2.45) is 5.41 Å². The third-order valence-corrected chi connectivity index (χ3v) is 5.76. The number of anilines is 1. The predicted octanol–water partition coefficient (Wildman–Crippen LogP) is 3.64. The van der Waals surface area contributed by atoms with Gasteiger partial charge >= 0.3 is 0 Å². The lowest BCUT2D eigenvalue weighted by Crippen LogP contribution is -2.41. The van der Waals surface area contributed by atoms with E-state index in [1.165, 1.54) is 17.7 Å². The molecule has 2 aliphatic heterocycles. The number of nitrogens with zero attached hydrogens (tertiary/aromatic N) is 2. The first-order valence-electron chi connectivity index (χ1n) is 9.49. The highest BCUT2D eigenvalue weighted by atomic mass is 19.1. The van der Waals surface area contributed by atoms with Gasteiger partial charge in [0.2, 0.25) is 5.91 Å². The molecule has 2 atom stereocenters. The zero-order valence-electron chi connectivity index (χ0n) is 15.6. The van der Waals surface area contributed by atoms with Gasteiger partial charge in [-0.3, -0.25) is 9.69 Å². The summed E-state index contributed by atoms with van der Waals surface area (Å²) < 4.78 is 19.2. The Morgan fingerprint density at radius 1 is 1.07 bits per heavy atom. The Bertz CT molecular complexity index is 796. The molecule has 0 N–H and O–H groups in total. The van der Waals surface area contributed by atoms with Crippen molar-refractivity contribution < 1.29 is 13.9 Å². The van der Waals surface area contributed by atoms with Crippen molar-refractivity contribution in [1.29, 1.82) is 0 Å². The Morgan fingerprint density at radius 3 is 2.56 bits per heavy atom. The van der Waals surface area contributed by atoms with Crippen molar-refractivity contribution in [1.82, 2.24) is 4.90 Å². The van der Waals surface area contributed by atoms with Crippen LogP contribution in [0.3, 0.4) is 0 Å². The van der Waals surface area contributed by atoms with Gasteiger partial charge in [0.1, 0.15) is 5.82 Å². The maximum Gasteiger partial charge on any atom is 0.227 e. The van der Waals surface area contributed by atoms with Crippen LogP contribution < -0.4 is 4.90 Å². The average Bonchev–Trinajstić information content (AvgIpc) is 2.87. The Hall–Kier alpha value is -2.24. The van der Waals surface area contributed by atoms with Crippen molar-refractivity contribution >= 4 is 11.6 Å². The largest absolute Gasteiger partial charge is 0.379 e. The lowest BCUT2D eigenvalue weighted by atomic mass is 9.86. The summed E-state index contributed by atoms with van der Waals surface area (Å²) in [6.45, 7) is 5.73. The van der Waals surface area contributed by atoms with Gasteiger partial charge in [-0.1, -0.05) is 30.3 Å². The van der Waals surface area contributed by atoms with Crippen LogP contribution in [0.4, 0.5) is 10.1 Å². The number of carbonyl (C=O) groups excluding carboxylic acids is 1. The first kappa shape index (κ1) is 18.1. The van der Waals surface area contributed by atoms with Gasteiger partial charge in [0.05, 0.1) is 13.2 Å². The lowest BCUT2D eigenvalue weighted by Gasteiger charge is -2.35. The minimum atomic E-state index is -0.291. The molecule has 2 unspecified atom stereocenters. The van der Waals surface area contributed by atoms with E-state index in [9.17, 15) is 9.18 Å². The van der Waals surface area contributed by atoms with Gasteiger partial charge in [-0.05, 0) is 36.8 Å². The van der Waals surface area contributed by atoms with Crippen LogP contribution >= 0.6 is 0 Å². The SMILES string of the molecule is CC(c1ccccc1)N1CCOCC2(CC(=O)N(c3ccc(F)cc3)C2)C1. The predicted molar refractivity (Wildman–Crippen MR) is 103 cm³/mol. The second-order valence-corrected chi connectivity index (χ2v) is 7.74. The molecule has 142 valence electrons. The topological polar surface area (TPSA) is 32.8 Å². The van der Waals surface area contributed by atoms with Crippen LogP contribution in [0.15, 0.2) is 54.6 Å². The van der Waals surface area contributed by atoms with Crippen LogP contribution in [-0.2, 0) is 9.53 Å². The summed E-state index contributed by atoms with van der Waals surface area (Å²) in [4.78, 5) is 16.9. The fourth-order valence-electron chi connectivity index (χ4n) is 4.25. The molecule has 0 saturated carbocycles. The summed E-state index contributed by atoms with van der Waals surface area (Å²) >= 11 is 0. The van der Waals surface area contributed by atoms with Gasteiger partial charge in [-0.15, -0.1) is 0 Å². The van der Waals surface area contributed by atoms with Crippen LogP contribution in [0.2, 0.25) is 0 Å². The highest BCUT2D eigenvalue weighted by molar-refractivity contribution is 5.96. The molecular formula is C22H25FN2O2. The number of halogens is 1. The molecule has 27 heavy (non-hydrogen) atoms. The number of ether oxygens (including phenoxy) is 1. The second kappa shape index (κ2) is 7.41. The molecule has 1 spiro atoms. The zero-order chi connectivity index (χ0) is 18.9. The molecule has 2 saturated heterocycles. The molecule has 2 aromatic carbocycles. The number of carbonyl (C=O) groups is 1. The van der Waals surface area contributed by atoms with E-state index in [1.807, 2.05) is 6.07 Å². The van der Waals surface area contributed by atoms with E-state index in [2.05, 4.69) is 36.1 Å². The Kier molecular flexibility index (Phi) is 4.98. The van der Waals surface area contributed by atoms with Crippen LogP contribution in [-0.4, -0.2) is 43.7 Å². The molecule has 2 aromatic rings. The van der Waals surface area contributed by atoms with Crippen molar-refractivity contribution in [3.63, 3.8) is 0 Å². The van der Waals surface area contributed by atoms with Crippen LogP contribution in [0.5, 0.6) is 0 Å². The third kappa shape index (κ3) is 3.75. The van der Waals surface area contributed by atoms with Gasteiger partial charge in [-0.25, -0.2) is 4.39 Å². The molecule has 2 heterocycles. The normalized spacial score (nSPS) is 25.0. The number of amides is 1. The Morgan fingerprint density at radius 2 is 1.81 bits per heavy atom. The minimum Gasteiger partial charge on any atom is -0.379 e. The molecule has 0 radical (unpaired) electrons. The number of hydrogen-bond donors (Lipinski definition) is 0. The van der Waals surface area contributed by atoms with Gasteiger partial charge < -0.3 is 9.64 Å². The monoisotopic (exact) mass is 368 g/mol. The van der Waals surface area contributed by atoms with Gasteiger partial charge in [0.25, 0.3) is 0 Å². The van der Waals surface area contributed by atoms with E-state index >= 15 is 0 Å². The molecule has 2 fully saturated rings. The van der Waals surface area contributed by atoms with Crippen LogP contribution in [0, 0.1) is 11.2 Å². The summed E-state index contributed by atoms with van der Waals surface area (Å²) in [6, 6.07) is 16.9. The van der Waals surface area contributed by atoms with E-state index in [4.69, 9.17) is 4.74 Å². The Balaban J connectivity index is 1.55. The summed E-state index contributed by atoms with van der Waals surface area (Å²) in [6.07, 6.45) is 0.461. The third-order valence-electron chi connectivity index (χ3n) is 5.76. The number of rotatable bonds is 3. The molecule has 2 aliphatic rings. The van der Waals surface area contributed by atoms with E-state index in [-0.39, 0.29) is 23.2 Å². The Labute approximate surface area is 159 Å². The van der Waals surface area contributed by atoms with Crippen molar-refractivity contribution in [2.75, 3.05) is 37.7 Å². The molecule has 1 amide bonds. The van der Waals surface area contributed by atoms with E-state index in [1.54, 1.807) is 17.0 Å². The van der Waals surface area contributed by atoms with Crippen molar-refractivity contribution in [3.8, 4) is 0 Å². The minimum absolute atomic E-state index is 0.0828. The first-order valence-corrected chi connectivity index (χ1v) is 9.49.